The molecule has 0 bridgehead atoms. The van der Waals surface area contributed by atoms with E-state index in [1.54, 1.807) is 12.1 Å². The number of hydrogen-bond donors (Lipinski definition) is 0. The van der Waals surface area contributed by atoms with Crippen molar-refractivity contribution in [1.82, 2.24) is 0 Å². The molecule has 0 saturated heterocycles. The highest BCUT2D eigenvalue weighted by atomic mass is 19.1. The van der Waals surface area contributed by atoms with Crippen LogP contribution in [0.1, 0.15) is 68.6 Å². The molecule has 1 aromatic rings. The summed E-state index contributed by atoms with van der Waals surface area (Å²) in [6.45, 7) is 2.10. The van der Waals surface area contributed by atoms with Gasteiger partial charge in [0.15, 0.2) is 0 Å². The summed E-state index contributed by atoms with van der Waals surface area (Å²) < 4.78 is 13.9. The summed E-state index contributed by atoms with van der Waals surface area (Å²) in [5.74, 6) is 2.09. The van der Waals surface area contributed by atoms with E-state index in [-0.39, 0.29) is 11.4 Å². The minimum absolute atomic E-state index is 0.203. The zero-order chi connectivity index (χ0) is 16.9. The van der Waals surface area contributed by atoms with Crippen LogP contribution >= 0.6 is 0 Å². The van der Waals surface area contributed by atoms with E-state index < -0.39 is 0 Å². The topological polar surface area (TPSA) is 23.8 Å². The first-order chi connectivity index (χ1) is 11.7. The summed E-state index contributed by atoms with van der Waals surface area (Å²) in [5, 5.41) is 8.98. The van der Waals surface area contributed by atoms with Gasteiger partial charge in [-0.05, 0) is 92.9 Å². The summed E-state index contributed by atoms with van der Waals surface area (Å²) in [7, 11) is 0. The van der Waals surface area contributed by atoms with Crippen LogP contribution in [-0.4, -0.2) is 0 Å². The van der Waals surface area contributed by atoms with Crippen molar-refractivity contribution in [1.29, 1.82) is 5.26 Å². The van der Waals surface area contributed by atoms with Crippen molar-refractivity contribution >= 4 is 0 Å². The molecule has 1 saturated carbocycles. The van der Waals surface area contributed by atoms with Gasteiger partial charge in [0.1, 0.15) is 11.9 Å². The third kappa shape index (κ3) is 3.89. The van der Waals surface area contributed by atoms with Gasteiger partial charge in [-0.25, -0.2) is 4.39 Å². The van der Waals surface area contributed by atoms with E-state index >= 15 is 0 Å². The molecule has 24 heavy (non-hydrogen) atoms. The SMILES string of the molecule is CC=CCCC1CCC(C2CCc3cc(C#N)c(F)cc3C2)CC1. The van der Waals surface area contributed by atoms with E-state index in [1.807, 2.05) is 6.07 Å². The Morgan fingerprint density at radius 1 is 1.12 bits per heavy atom. The second-order valence-electron chi connectivity index (χ2n) is 7.64. The largest absolute Gasteiger partial charge is 0.206 e. The van der Waals surface area contributed by atoms with Gasteiger partial charge < -0.3 is 0 Å². The quantitative estimate of drug-likeness (QED) is 0.626. The Balaban J connectivity index is 1.57. The summed E-state index contributed by atoms with van der Waals surface area (Å²) in [6, 6.07) is 5.37. The zero-order valence-electron chi connectivity index (χ0n) is 14.7. The average molecular weight is 325 g/mol. The van der Waals surface area contributed by atoms with Gasteiger partial charge in [0.05, 0.1) is 5.56 Å². The van der Waals surface area contributed by atoms with Crippen molar-refractivity contribution in [2.75, 3.05) is 0 Å². The number of fused-ring (bicyclic) bond motifs is 1. The lowest BCUT2D eigenvalue weighted by Crippen LogP contribution is -2.26. The molecule has 0 aliphatic heterocycles. The van der Waals surface area contributed by atoms with Gasteiger partial charge in [0.2, 0.25) is 0 Å². The first-order valence-electron chi connectivity index (χ1n) is 9.53. The molecule has 1 atom stereocenters. The Labute approximate surface area is 145 Å². The molecule has 1 unspecified atom stereocenters. The Bertz CT molecular complexity index is 632. The number of hydrogen-bond acceptors (Lipinski definition) is 1. The standard InChI is InChI=1S/C22H28FN/c1-2-3-4-5-16-6-8-17(9-7-16)18-10-11-19-13-21(15-24)22(23)14-20(19)12-18/h2-3,13-14,16-18H,4-12H2,1H3. The smallest absolute Gasteiger partial charge is 0.141 e. The van der Waals surface area contributed by atoms with Gasteiger partial charge in [-0.15, -0.1) is 0 Å². The van der Waals surface area contributed by atoms with Crippen molar-refractivity contribution in [2.45, 2.75) is 64.7 Å². The van der Waals surface area contributed by atoms with Crippen LogP contribution in [0.15, 0.2) is 24.3 Å². The highest BCUT2D eigenvalue weighted by Gasteiger charge is 2.30. The summed E-state index contributed by atoms with van der Waals surface area (Å²) in [6.07, 6.45) is 15.7. The molecular formula is C22H28FN. The first kappa shape index (κ1) is 17.2. The number of benzene rings is 1. The zero-order valence-corrected chi connectivity index (χ0v) is 14.7. The fourth-order valence-corrected chi connectivity index (χ4v) is 4.74. The van der Waals surface area contributed by atoms with Crippen molar-refractivity contribution in [3.8, 4) is 6.07 Å². The van der Waals surface area contributed by atoms with Crippen molar-refractivity contribution in [2.24, 2.45) is 17.8 Å². The van der Waals surface area contributed by atoms with Crippen LogP contribution in [0.25, 0.3) is 0 Å². The molecule has 3 rings (SSSR count). The lowest BCUT2D eigenvalue weighted by atomic mass is 9.69. The first-order valence-corrected chi connectivity index (χ1v) is 9.53. The van der Waals surface area contributed by atoms with Crippen LogP contribution < -0.4 is 0 Å². The van der Waals surface area contributed by atoms with Gasteiger partial charge in [0.25, 0.3) is 0 Å². The van der Waals surface area contributed by atoms with Crippen LogP contribution in [0.2, 0.25) is 0 Å². The molecule has 1 aromatic carbocycles. The van der Waals surface area contributed by atoms with Crippen molar-refractivity contribution in [3.63, 3.8) is 0 Å². The molecule has 0 amide bonds. The predicted octanol–water partition coefficient (Wildman–Crippen LogP) is 5.96. The monoisotopic (exact) mass is 325 g/mol. The third-order valence-corrected chi connectivity index (χ3v) is 6.21. The lowest BCUT2D eigenvalue weighted by molar-refractivity contribution is 0.185. The number of rotatable bonds is 4. The molecule has 1 nitrogen and oxygen atoms in total. The highest BCUT2D eigenvalue weighted by molar-refractivity contribution is 5.40. The molecule has 0 heterocycles. The molecule has 1 fully saturated rings. The molecule has 128 valence electrons. The fraction of sp³-hybridized carbons (Fsp3) is 0.591. The number of aryl methyl sites for hydroxylation is 1. The second kappa shape index (κ2) is 7.97. The van der Waals surface area contributed by atoms with E-state index in [2.05, 4.69) is 19.1 Å². The molecule has 2 aliphatic carbocycles. The van der Waals surface area contributed by atoms with Crippen LogP contribution in [-0.2, 0) is 12.8 Å². The average Bonchev–Trinajstić information content (AvgIpc) is 2.61. The summed E-state index contributed by atoms with van der Waals surface area (Å²) >= 11 is 0. The minimum atomic E-state index is -0.343. The predicted molar refractivity (Wildman–Crippen MR) is 96.1 cm³/mol. The van der Waals surface area contributed by atoms with Crippen molar-refractivity contribution < 1.29 is 4.39 Å². The van der Waals surface area contributed by atoms with E-state index in [0.29, 0.717) is 5.92 Å². The molecule has 2 heteroatoms. The van der Waals surface area contributed by atoms with Gasteiger partial charge >= 0.3 is 0 Å². The van der Waals surface area contributed by atoms with Gasteiger partial charge in [-0.2, -0.15) is 5.26 Å². The number of nitrogens with zero attached hydrogens (tertiary/aromatic N) is 1. The van der Waals surface area contributed by atoms with E-state index in [4.69, 9.17) is 5.26 Å². The number of halogens is 1. The van der Waals surface area contributed by atoms with Crippen molar-refractivity contribution in [3.05, 3.63) is 46.8 Å². The molecule has 2 aliphatic rings. The number of nitriles is 1. The Morgan fingerprint density at radius 2 is 1.92 bits per heavy atom. The minimum Gasteiger partial charge on any atom is -0.206 e. The molecule has 0 spiro atoms. The van der Waals surface area contributed by atoms with Crippen LogP contribution in [0, 0.1) is 34.9 Å². The van der Waals surface area contributed by atoms with Gasteiger partial charge in [-0.3, -0.25) is 0 Å². The van der Waals surface area contributed by atoms with Crippen LogP contribution in [0.3, 0.4) is 0 Å². The Kier molecular flexibility index (Phi) is 5.72. The highest BCUT2D eigenvalue weighted by Crippen LogP contribution is 2.40. The Hall–Kier alpha value is -1.62. The molecular weight excluding hydrogens is 297 g/mol. The number of allylic oxidation sites excluding steroid dienone is 2. The van der Waals surface area contributed by atoms with E-state index in [0.717, 1.165) is 30.2 Å². The molecule has 0 aromatic heterocycles. The maximum Gasteiger partial charge on any atom is 0.141 e. The third-order valence-electron chi connectivity index (χ3n) is 6.21. The normalized spacial score (nSPS) is 27.0. The van der Waals surface area contributed by atoms with Gasteiger partial charge in [0, 0.05) is 0 Å². The van der Waals surface area contributed by atoms with Crippen LogP contribution in [0.5, 0.6) is 0 Å². The summed E-state index contributed by atoms with van der Waals surface area (Å²) in [5.41, 5.74) is 2.55. The molecule has 0 N–H and O–H groups in total. The fourth-order valence-electron chi connectivity index (χ4n) is 4.74. The van der Waals surface area contributed by atoms with E-state index in [9.17, 15) is 4.39 Å². The maximum atomic E-state index is 13.9. The Morgan fingerprint density at radius 3 is 2.62 bits per heavy atom. The molecule has 0 radical (unpaired) electrons. The van der Waals surface area contributed by atoms with Crippen LogP contribution in [0.4, 0.5) is 4.39 Å². The maximum absolute atomic E-state index is 13.9. The lowest BCUT2D eigenvalue weighted by Gasteiger charge is -2.36. The summed E-state index contributed by atoms with van der Waals surface area (Å²) in [4.78, 5) is 0. The second-order valence-corrected chi connectivity index (χ2v) is 7.64. The van der Waals surface area contributed by atoms with Gasteiger partial charge in [-0.1, -0.05) is 25.0 Å². The van der Waals surface area contributed by atoms with E-state index in [1.165, 1.54) is 50.5 Å².